The van der Waals surface area contributed by atoms with Crippen LogP contribution in [-0.2, 0) is 6.18 Å². The van der Waals surface area contributed by atoms with Crippen molar-refractivity contribution >= 4 is 0 Å². The minimum atomic E-state index is -4.29. The van der Waals surface area contributed by atoms with E-state index in [1.807, 2.05) is 0 Å². The van der Waals surface area contributed by atoms with E-state index < -0.39 is 11.7 Å². The summed E-state index contributed by atoms with van der Waals surface area (Å²) >= 11 is 0. The highest BCUT2D eigenvalue weighted by atomic mass is 19.4. The molecule has 0 saturated carbocycles. The molecule has 1 aromatic rings. The zero-order valence-corrected chi connectivity index (χ0v) is 9.33. The van der Waals surface area contributed by atoms with Crippen molar-refractivity contribution < 1.29 is 18.0 Å². The van der Waals surface area contributed by atoms with Gasteiger partial charge < -0.3 is 4.84 Å². The van der Waals surface area contributed by atoms with Crippen LogP contribution in [0.3, 0.4) is 0 Å². The fourth-order valence-corrected chi connectivity index (χ4v) is 1.81. The van der Waals surface area contributed by atoms with Crippen LogP contribution in [0, 0.1) is 0 Å². The Hall–Kier alpha value is -1.23. The monoisotopic (exact) mass is 245 g/mol. The van der Waals surface area contributed by atoms with Crippen molar-refractivity contribution in [3.05, 3.63) is 29.8 Å². The first kappa shape index (κ1) is 12.2. The molecule has 0 aliphatic carbocycles. The van der Waals surface area contributed by atoms with Crippen LogP contribution in [0.1, 0.15) is 24.8 Å². The highest BCUT2D eigenvalue weighted by Gasteiger charge is 2.30. The van der Waals surface area contributed by atoms with Gasteiger partial charge in [0.15, 0.2) is 0 Å². The lowest BCUT2D eigenvalue weighted by Gasteiger charge is -2.26. The molecule has 0 amide bonds. The fourth-order valence-electron chi connectivity index (χ4n) is 1.81. The molecule has 17 heavy (non-hydrogen) atoms. The molecule has 0 aromatic heterocycles. The molecule has 0 atom stereocenters. The molecule has 0 bridgehead atoms. The summed E-state index contributed by atoms with van der Waals surface area (Å²) < 4.78 is 37.0. The number of nitrogens with zero attached hydrogens (tertiary/aromatic N) is 1. The predicted molar refractivity (Wildman–Crippen MR) is 57.5 cm³/mol. The van der Waals surface area contributed by atoms with Crippen molar-refractivity contribution in [2.24, 2.45) is 0 Å². The van der Waals surface area contributed by atoms with E-state index in [0.717, 1.165) is 38.1 Å². The molecular formula is C12H14F3NO. The molecule has 1 fully saturated rings. The van der Waals surface area contributed by atoms with Crippen LogP contribution < -0.4 is 4.84 Å². The van der Waals surface area contributed by atoms with Crippen molar-refractivity contribution in [2.45, 2.75) is 25.4 Å². The number of alkyl halides is 3. The van der Waals surface area contributed by atoms with Crippen molar-refractivity contribution in [3.8, 4) is 5.75 Å². The number of hydrogen-bond acceptors (Lipinski definition) is 2. The molecule has 5 heteroatoms. The summed E-state index contributed by atoms with van der Waals surface area (Å²) in [5.74, 6) is 0.458. The number of piperidine rings is 1. The van der Waals surface area contributed by atoms with Gasteiger partial charge in [-0.2, -0.15) is 13.2 Å². The third-order valence-corrected chi connectivity index (χ3v) is 2.73. The largest absolute Gasteiger partial charge is 0.416 e. The van der Waals surface area contributed by atoms with Crippen LogP contribution in [0.4, 0.5) is 13.2 Å². The summed E-state index contributed by atoms with van der Waals surface area (Å²) in [6.45, 7) is 1.67. The molecule has 1 aromatic carbocycles. The van der Waals surface area contributed by atoms with E-state index in [4.69, 9.17) is 4.84 Å². The average Bonchev–Trinajstić information content (AvgIpc) is 2.30. The first-order valence-corrected chi connectivity index (χ1v) is 5.66. The Labute approximate surface area is 97.9 Å². The van der Waals surface area contributed by atoms with E-state index >= 15 is 0 Å². The molecule has 1 saturated heterocycles. The van der Waals surface area contributed by atoms with Gasteiger partial charge in [-0.1, -0.05) is 6.42 Å². The highest BCUT2D eigenvalue weighted by molar-refractivity contribution is 5.28. The smallest absolute Gasteiger partial charge is 0.406 e. The average molecular weight is 245 g/mol. The van der Waals surface area contributed by atoms with E-state index in [-0.39, 0.29) is 0 Å². The normalized spacial score (nSPS) is 18.1. The van der Waals surface area contributed by atoms with E-state index in [1.165, 1.54) is 18.6 Å². The number of rotatable bonds is 2. The molecule has 1 aliphatic rings. The molecule has 0 radical (unpaired) electrons. The molecule has 2 rings (SSSR count). The van der Waals surface area contributed by atoms with Gasteiger partial charge in [0.1, 0.15) is 5.75 Å². The second-order valence-corrected chi connectivity index (χ2v) is 4.10. The zero-order chi connectivity index (χ0) is 12.3. The van der Waals surface area contributed by atoms with Crippen LogP contribution in [-0.4, -0.2) is 18.2 Å². The minimum absolute atomic E-state index is 0.458. The molecule has 1 aliphatic heterocycles. The van der Waals surface area contributed by atoms with Crippen molar-refractivity contribution in [1.29, 1.82) is 0 Å². The topological polar surface area (TPSA) is 12.5 Å². The molecule has 94 valence electrons. The van der Waals surface area contributed by atoms with Gasteiger partial charge in [-0.3, -0.25) is 0 Å². The lowest BCUT2D eigenvalue weighted by Crippen LogP contribution is -2.32. The van der Waals surface area contributed by atoms with Gasteiger partial charge in [-0.05, 0) is 37.1 Å². The summed E-state index contributed by atoms with van der Waals surface area (Å²) in [4.78, 5) is 5.49. The minimum Gasteiger partial charge on any atom is -0.406 e. The second kappa shape index (κ2) is 4.96. The van der Waals surface area contributed by atoms with Gasteiger partial charge in [0.2, 0.25) is 0 Å². The van der Waals surface area contributed by atoms with Crippen molar-refractivity contribution in [3.63, 3.8) is 0 Å². The van der Waals surface area contributed by atoms with E-state index in [0.29, 0.717) is 5.75 Å². The number of hydrogen-bond donors (Lipinski definition) is 0. The van der Waals surface area contributed by atoms with Crippen LogP contribution in [0.25, 0.3) is 0 Å². The first-order chi connectivity index (χ1) is 8.05. The summed E-state index contributed by atoms with van der Waals surface area (Å²) in [7, 11) is 0. The van der Waals surface area contributed by atoms with Crippen molar-refractivity contribution in [2.75, 3.05) is 13.1 Å². The van der Waals surface area contributed by atoms with E-state index in [9.17, 15) is 13.2 Å². The SMILES string of the molecule is FC(F)(F)c1ccc(ON2CCCCC2)cc1. The highest BCUT2D eigenvalue weighted by Crippen LogP contribution is 2.30. The maximum atomic E-state index is 12.3. The van der Waals surface area contributed by atoms with Gasteiger partial charge in [0.05, 0.1) is 5.56 Å². The maximum Gasteiger partial charge on any atom is 0.416 e. The molecule has 1 heterocycles. The third-order valence-electron chi connectivity index (χ3n) is 2.73. The molecule has 2 nitrogen and oxygen atoms in total. The fraction of sp³-hybridized carbons (Fsp3) is 0.500. The summed E-state index contributed by atoms with van der Waals surface area (Å²) in [6.07, 6.45) is -0.961. The zero-order valence-electron chi connectivity index (χ0n) is 9.33. The van der Waals surface area contributed by atoms with E-state index in [1.54, 1.807) is 5.06 Å². The third kappa shape index (κ3) is 3.36. The number of halogens is 3. The van der Waals surface area contributed by atoms with E-state index in [2.05, 4.69) is 0 Å². The quantitative estimate of drug-likeness (QED) is 0.790. The lowest BCUT2D eigenvalue weighted by molar-refractivity contribution is -0.137. The molecule has 0 spiro atoms. The Morgan fingerprint density at radius 1 is 0.941 bits per heavy atom. The van der Waals surface area contributed by atoms with Gasteiger partial charge in [0.25, 0.3) is 0 Å². The summed E-state index contributed by atoms with van der Waals surface area (Å²) in [5.41, 5.74) is -0.650. The Balaban J connectivity index is 1.98. The van der Waals surface area contributed by atoms with Gasteiger partial charge in [-0.15, -0.1) is 5.06 Å². The lowest BCUT2D eigenvalue weighted by atomic mass is 10.2. The predicted octanol–water partition coefficient (Wildman–Crippen LogP) is 3.49. The van der Waals surface area contributed by atoms with Crippen LogP contribution >= 0.6 is 0 Å². The Bertz CT molecular complexity index is 355. The molecule has 0 N–H and O–H groups in total. The molecular weight excluding hydrogens is 231 g/mol. The van der Waals surface area contributed by atoms with Gasteiger partial charge in [-0.25, -0.2) is 0 Å². The Morgan fingerprint density at radius 2 is 1.53 bits per heavy atom. The summed E-state index contributed by atoms with van der Waals surface area (Å²) in [6, 6.07) is 4.80. The maximum absolute atomic E-state index is 12.3. The van der Waals surface area contributed by atoms with Gasteiger partial charge in [0, 0.05) is 13.1 Å². The Kier molecular flexibility index (Phi) is 3.57. The van der Waals surface area contributed by atoms with Crippen LogP contribution in [0.5, 0.6) is 5.75 Å². The van der Waals surface area contributed by atoms with Crippen LogP contribution in [0.2, 0.25) is 0 Å². The second-order valence-electron chi connectivity index (χ2n) is 4.10. The Morgan fingerprint density at radius 3 is 2.06 bits per heavy atom. The number of hydroxylamine groups is 2. The van der Waals surface area contributed by atoms with Gasteiger partial charge >= 0.3 is 6.18 Å². The summed E-state index contributed by atoms with van der Waals surface area (Å²) in [5, 5.41) is 1.80. The van der Waals surface area contributed by atoms with Crippen LogP contribution in [0.15, 0.2) is 24.3 Å². The number of benzene rings is 1. The first-order valence-electron chi connectivity index (χ1n) is 5.66. The molecule has 0 unspecified atom stereocenters. The van der Waals surface area contributed by atoms with Crippen molar-refractivity contribution in [1.82, 2.24) is 5.06 Å². The standard InChI is InChI=1S/C12H14F3NO/c13-12(14,15)10-4-6-11(7-5-10)17-16-8-2-1-3-9-16/h4-7H,1-3,8-9H2.